The maximum absolute atomic E-state index is 14.2. The molecule has 1 aliphatic rings. The molecule has 8 heteroatoms. The molecule has 3 heterocycles. The lowest BCUT2D eigenvalue weighted by Crippen LogP contribution is -2.33. The third-order valence-corrected chi connectivity index (χ3v) is 6.16. The van der Waals surface area contributed by atoms with Gasteiger partial charge >= 0.3 is 5.97 Å². The van der Waals surface area contributed by atoms with E-state index in [0.29, 0.717) is 30.6 Å². The number of likely N-dealkylation sites (tertiary alicyclic amines) is 1. The van der Waals surface area contributed by atoms with Crippen LogP contribution in [0.3, 0.4) is 0 Å². The van der Waals surface area contributed by atoms with Crippen molar-refractivity contribution in [3.05, 3.63) is 65.7 Å². The summed E-state index contributed by atoms with van der Waals surface area (Å²) in [5, 5.41) is 10.4. The Labute approximate surface area is 191 Å². The molecule has 1 saturated heterocycles. The summed E-state index contributed by atoms with van der Waals surface area (Å²) in [6.45, 7) is 0.452. The Morgan fingerprint density at radius 2 is 2.15 bits per heavy atom. The van der Waals surface area contributed by atoms with Gasteiger partial charge in [-0.1, -0.05) is 6.07 Å². The number of rotatable bonds is 9. The number of carbonyl (C=O) groups is 2. The highest BCUT2D eigenvalue weighted by Gasteiger charge is 2.37. The molecule has 0 spiro atoms. The van der Waals surface area contributed by atoms with Crippen LogP contribution in [0.5, 0.6) is 5.75 Å². The molecule has 1 amide bonds. The third kappa shape index (κ3) is 5.10. The Hall–Kier alpha value is -3.55. The lowest BCUT2D eigenvalue weighted by molar-refractivity contribution is -0.140. The van der Waals surface area contributed by atoms with E-state index in [-0.39, 0.29) is 24.0 Å². The summed E-state index contributed by atoms with van der Waals surface area (Å²) in [6.07, 6.45) is 4.30. The van der Waals surface area contributed by atoms with Crippen molar-refractivity contribution in [1.82, 2.24) is 14.9 Å². The standard InChI is InChI=1S/C25H26FN3O4/c1-33-22-10-8-18(14-20(22)26)21(15-23(30)31)29-13-11-17(25(29)32)4-2-6-19-9-7-16-5-3-12-27-24(16)28-19/h3,5,7-10,12,14,17,21H,2,4,6,11,13,15H2,1H3,(H,30,31). The van der Waals surface area contributed by atoms with E-state index in [1.54, 1.807) is 17.2 Å². The van der Waals surface area contributed by atoms with E-state index in [1.807, 2.05) is 24.3 Å². The highest BCUT2D eigenvalue weighted by Crippen LogP contribution is 2.34. The normalized spacial score (nSPS) is 16.8. The molecule has 3 aromatic rings. The number of amides is 1. The van der Waals surface area contributed by atoms with E-state index >= 15 is 0 Å². The first kappa shape index (κ1) is 22.6. The third-order valence-electron chi connectivity index (χ3n) is 6.16. The number of benzene rings is 1. The summed E-state index contributed by atoms with van der Waals surface area (Å²) in [5.74, 6) is -1.79. The monoisotopic (exact) mass is 451 g/mol. The summed E-state index contributed by atoms with van der Waals surface area (Å²) in [4.78, 5) is 35.0. The van der Waals surface area contributed by atoms with Gasteiger partial charge in [-0.3, -0.25) is 9.59 Å². The first-order chi connectivity index (χ1) is 16.0. The topological polar surface area (TPSA) is 92.6 Å². The van der Waals surface area contributed by atoms with Crippen molar-refractivity contribution in [3.8, 4) is 5.75 Å². The Kier molecular flexibility index (Phi) is 6.82. The molecule has 1 aliphatic heterocycles. The maximum Gasteiger partial charge on any atom is 0.305 e. The van der Waals surface area contributed by atoms with Crippen LogP contribution < -0.4 is 4.74 Å². The number of aliphatic carboxylic acids is 1. The summed E-state index contributed by atoms with van der Waals surface area (Å²) in [6, 6.07) is 11.4. The number of carboxylic acids is 1. The van der Waals surface area contributed by atoms with Gasteiger partial charge in [0.1, 0.15) is 0 Å². The minimum atomic E-state index is -1.04. The lowest BCUT2D eigenvalue weighted by Gasteiger charge is -2.28. The molecule has 0 bridgehead atoms. The van der Waals surface area contributed by atoms with Crippen molar-refractivity contribution >= 4 is 22.9 Å². The van der Waals surface area contributed by atoms with Crippen LogP contribution in [0.2, 0.25) is 0 Å². The lowest BCUT2D eigenvalue weighted by atomic mass is 9.98. The number of aromatic nitrogens is 2. The predicted octanol–water partition coefficient (Wildman–Crippen LogP) is 4.16. The van der Waals surface area contributed by atoms with Crippen LogP contribution in [0.4, 0.5) is 4.39 Å². The second-order valence-electron chi connectivity index (χ2n) is 8.27. The van der Waals surface area contributed by atoms with Gasteiger partial charge in [-0.15, -0.1) is 0 Å². The number of ether oxygens (including phenoxy) is 1. The van der Waals surface area contributed by atoms with Crippen LogP contribution in [-0.2, 0) is 16.0 Å². The molecule has 2 aromatic heterocycles. The fraction of sp³-hybridized carbons (Fsp3) is 0.360. The van der Waals surface area contributed by atoms with Crippen molar-refractivity contribution in [2.24, 2.45) is 5.92 Å². The van der Waals surface area contributed by atoms with E-state index in [1.165, 1.54) is 19.2 Å². The first-order valence-electron chi connectivity index (χ1n) is 11.0. The molecule has 2 unspecified atom stereocenters. The molecule has 33 heavy (non-hydrogen) atoms. The van der Waals surface area contributed by atoms with E-state index in [2.05, 4.69) is 9.97 Å². The van der Waals surface area contributed by atoms with Gasteiger partial charge in [-0.05, 0) is 67.6 Å². The molecule has 0 saturated carbocycles. The average molecular weight is 451 g/mol. The number of methoxy groups -OCH3 is 1. The van der Waals surface area contributed by atoms with Gasteiger partial charge in [0.2, 0.25) is 5.91 Å². The molecular weight excluding hydrogens is 425 g/mol. The molecule has 0 radical (unpaired) electrons. The number of hydrogen-bond acceptors (Lipinski definition) is 5. The van der Waals surface area contributed by atoms with Crippen LogP contribution in [0.15, 0.2) is 48.7 Å². The fourth-order valence-corrected chi connectivity index (χ4v) is 4.46. The second kappa shape index (κ2) is 9.94. The highest BCUT2D eigenvalue weighted by molar-refractivity contribution is 5.82. The number of aryl methyl sites for hydroxylation is 1. The van der Waals surface area contributed by atoms with E-state index in [4.69, 9.17) is 4.74 Å². The van der Waals surface area contributed by atoms with Crippen molar-refractivity contribution in [3.63, 3.8) is 0 Å². The number of carbonyl (C=O) groups excluding carboxylic acids is 1. The molecule has 2 atom stereocenters. The Bertz CT molecular complexity index is 1170. The minimum absolute atomic E-state index is 0.0781. The largest absolute Gasteiger partial charge is 0.494 e. The van der Waals surface area contributed by atoms with Gasteiger partial charge < -0.3 is 14.7 Å². The maximum atomic E-state index is 14.2. The number of hydrogen-bond donors (Lipinski definition) is 1. The van der Waals surface area contributed by atoms with Crippen LogP contribution in [0.1, 0.15) is 43.0 Å². The fourth-order valence-electron chi connectivity index (χ4n) is 4.46. The van der Waals surface area contributed by atoms with Gasteiger partial charge in [-0.2, -0.15) is 0 Å². The average Bonchev–Trinajstić information content (AvgIpc) is 3.17. The Morgan fingerprint density at radius 1 is 1.30 bits per heavy atom. The van der Waals surface area contributed by atoms with Crippen LogP contribution in [0.25, 0.3) is 11.0 Å². The highest BCUT2D eigenvalue weighted by atomic mass is 19.1. The molecule has 1 aromatic carbocycles. The number of fused-ring (bicyclic) bond motifs is 1. The quantitative estimate of drug-likeness (QED) is 0.525. The summed E-state index contributed by atoms with van der Waals surface area (Å²) in [7, 11) is 1.37. The van der Waals surface area contributed by atoms with E-state index in [9.17, 15) is 19.1 Å². The van der Waals surface area contributed by atoms with Gasteiger partial charge in [0.15, 0.2) is 17.2 Å². The van der Waals surface area contributed by atoms with E-state index < -0.39 is 17.8 Å². The number of carboxylic acid groups (broad SMARTS) is 1. The summed E-state index contributed by atoms with van der Waals surface area (Å²) >= 11 is 0. The predicted molar refractivity (Wildman–Crippen MR) is 120 cm³/mol. The zero-order chi connectivity index (χ0) is 23.4. The molecule has 1 N–H and O–H groups in total. The number of nitrogens with zero attached hydrogens (tertiary/aromatic N) is 3. The second-order valence-corrected chi connectivity index (χ2v) is 8.27. The number of pyridine rings is 2. The molecular formula is C25H26FN3O4. The first-order valence-corrected chi connectivity index (χ1v) is 11.0. The van der Waals surface area contributed by atoms with Crippen molar-refractivity contribution < 1.29 is 23.8 Å². The van der Waals surface area contributed by atoms with Gasteiger partial charge in [0.05, 0.1) is 19.6 Å². The summed E-state index contributed by atoms with van der Waals surface area (Å²) in [5.41, 5.74) is 2.10. The zero-order valence-electron chi connectivity index (χ0n) is 18.4. The minimum Gasteiger partial charge on any atom is -0.494 e. The molecule has 4 rings (SSSR count). The summed E-state index contributed by atoms with van der Waals surface area (Å²) < 4.78 is 19.2. The van der Waals surface area contributed by atoms with Crippen LogP contribution in [0, 0.1) is 11.7 Å². The van der Waals surface area contributed by atoms with Gasteiger partial charge in [0.25, 0.3) is 0 Å². The SMILES string of the molecule is COc1ccc(C(CC(=O)O)N2CCC(CCCc3ccc4cccnc4n3)C2=O)cc1F. The number of halogens is 1. The van der Waals surface area contributed by atoms with Crippen molar-refractivity contribution in [2.75, 3.05) is 13.7 Å². The Morgan fingerprint density at radius 3 is 2.91 bits per heavy atom. The van der Waals surface area contributed by atoms with Crippen LogP contribution >= 0.6 is 0 Å². The van der Waals surface area contributed by atoms with Gasteiger partial charge in [-0.25, -0.2) is 14.4 Å². The Balaban J connectivity index is 1.41. The van der Waals surface area contributed by atoms with E-state index in [0.717, 1.165) is 23.9 Å². The molecule has 172 valence electrons. The smallest absolute Gasteiger partial charge is 0.305 e. The molecule has 7 nitrogen and oxygen atoms in total. The van der Waals surface area contributed by atoms with Crippen LogP contribution in [-0.4, -0.2) is 45.5 Å². The van der Waals surface area contributed by atoms with Crippen molar-refractivity contribution in [1.29, 1.82) is 0 Å². The zero-order valence-corrected chi connectivity index (χ0v) is 18.4. The molecule has 1 fully saturated rings. The van der Waals surface area contributed by atoms with Gasteiger partial charge in [0, 0.05) is 29.7 Å². The molecule has 0 aliphatic carbocycles. The van der Waals surface area contributed by atoms with Crippen molar-refractivity contribution in [2.45, 2.75) is 38.1 Å².